The van der Waals surface area contributed by atoms with E-state index in [1.165, 1.54) is 6.20 Å². The van der Waals surface area contributed by atoms with Crippen molar-refractivity contribution >= 4 is 33.4 Å². The minimum Gasteiger partial charge on any atom is -0.337 e. The van der Waals surface area contributed by atoms with Crippen LogP contribution in [-0.4, -0.2) is 34.2 Å². The van der Waals surface area contributed by atoms with Crippen molar-refractivity contribution in [2.24, 2.45) is 5.92 Å². The van der Waals surface area contributed by atoms with Gasteiger partial charge in [-0.3, -0.25) is 4.79 Å². The van der Waals surface area contributed by atoms with Gasteiger partial charge < -0.3 is 4.90 Å². The Kier molecular flexibility index (Phi) is 3.26. The van der Waals surface area contributed by atoms with E-state index in [-0.39, 0.29) is 5.91 Å². The SMILES string of the molecule is O=C(c1ccc(Cl)cn1)N1CC(CBr)C1. The van der Waals surface area contributed by atoms with Crippen LogP contribution in [0.2, 0.25) is 5.02 Å². The van der Waals surface area contributed by atoms with Crippen LogP contribution in [0.1, 0.15) is 10.5 Å². The van der Waals surface area contributed by atoms with Crippen molar-refractivity contribution in [2.75, 3.05) is 18.4 Å². The van der Waals surface area contributed by atoms with Crippen LogP contribution in [0.5, 0.6) is 0 Å². The lowest BCUT2D eigenvalue weighted by Crippen LogP contribution is -2.50. The number of rotatable bonds is 2. The highest BCUT2D eigenvalue weighted by atomic mass is 79.9. The van der Waals surface area contributed by atoms with Crippen molar-refractivity contribution in [3.05, 3.63) is 29.0 Å². The third-order valence-corrected chi connectivity index (χ3v) is 3.55. The van der Waals surface area contributed by atoms with Crippen molar-refractivity contribution in [2.45, 2.75) is 0 Å². The van der Waals surface area contributed by atoms with E-state index in [1.54, 1.807) is 17.0 Å². The molecule has 1 aromatic heterocycles. The zero-order chi connectivity index (χ0) is 10.8. The Labute approximate surface area is 102 Å². The van der Waals surface area contributed by atoms with Crippen molar-refractivity contribution < 1.29 is 4.79 Å². The van der Waals surface area contributed by atoms with Gasteiger partial charge in [-0.15, -0.1) is 0 Å². The summed E-state index contributed by atoms with van der Waals surface area (Å²) in [5.41, 5.74) is 0.465. The monoisotopic (exact) mass is 288 g/mol. The van der Waals surface area contributed by atoms with Crippen LogP contribution in [-0.2, 0) is 0 Å². The van der Waals surface area contributed by atoms with Gasteiger partial charge in [0.05, 0.1) is 5.02 Å². The molecule has 1 aromatic rings. The van der Waals surface area contributed by atoms with Crippen molar-refractivity contribution in [3.63, 3.8) is 0 Å². The lowest BCUT2D eigenvalue weighted by atomic mass is 10.0. The van der Waals surface area contributed by atoms with Gasteiger partial charge in [-0.05, 0) is 12.1 Å². The lowest BCUT2D eigenvalue weighted by Gasteiger charge is -2.38. The number of hydrogen-bond donors (Lipinski definition) is 0. The quantitative estimate of drug-likeness (QED) is 0.782. The number of amides is 1. The third kappa shape index (κ3) is 2.32. The first-order chi connectivity index (χ1) is 7.20. The lowest BCUT2D eigenvalue weighted by molar-refractivity contribution is 0.0533. The number of pyridine rings is 1. The molecule has 2 rings (SSSR count). The summed E-state index contributed by atoms with van der Waals surface area (Å²) in [6.45, 7) is 1.63. The minimum atomic E-state index is -0.0103. The average Bonchev–Trinajstić information content (AvgIpc) is 2.17. The van der Waals surface area contributed by atoms with Crippen LogP contribution in [0.3, 0.4) is 0 Å². The molecular weight excluding hydrogens is 279 g/mol. The first kappa shape index (κ1) is 10.9. The first-order valence-electron chi connectivity index (χ1n) is 4.67. The second-order valence-electron chi connectivity index (χ2n) is 3.59. The fourth-order valence-electron chi connectivity index (χ4n) is 1.50. The van der Waals surface area contributed by atoms with Crippen molar-refractivity contribution in [1.29, 1.82) is 0 Å². The molecule has 0 aliphatic carbocycles. The Bertz CT molecular complexity index is 362. The van der Waals surface area contributed by atoms with Gasteiger partial charge in [0, 0.05) is 30.5 Å². The van der Waals surface area contributed by atoms with Gasteiger partial charge >= 0.3 is 0 Å². The summed E-state index contributed by atoms with van der Waals surface area (Å²) in [4.78, 5) is 17.6. The Morgan fingerprint density at radius 1 is 1.60 bits per heavy atom. The summed E-state index contributed by atoms with van der Waals surface area (Å²) < 4.78 is 0. The second-order valence-corrected chi connectivity index (χ2v) is 4.68. The van der Waals surface area contributed by atoms with Crippen LogP contribution in [0, 0.1) is 5.92 Å². The van der Waals surface area contributed by atoms with Gasteiger partial charge in [-0.25, -0.2) is 4.98 Å². The molecule has 1 fully saturated rings. The second kappa shape index (κ2) is 4.49. The van der Waals surface area contributed by atoms with E-state index >= 15 is 0 Å². The normalized spacial score (nSPS) is 16.3. The smallest absolute Gasteiger partial charge is 0.272 e. The highest BCUT2D eigenvalue weighted by molar-refractivity contribution is 9.09. The van der Waals surface area contributed by atoms with E-state index in [2.05, 4.69) is 20.9 Å². The van der Waals surface area contributed by atoms with Crippen LogP contribution in [0.4, 0.5) is 0 Å². The predicted octanol–water partition coefficient (Wildman–Crippen LogP) is 2.20. The molecule has 1 aliphatic heterocycles. The zero-order valence-corrected chi connectivity index (χ0v) is 10.3. The van der Waals surface area contributed by atoms with Crippen molar-refractivity contribution in [3.8, 4) is 0 Å². The molecule has 1 saturated heterocycles. The number of nitrogens with zero attached hydrogens (tertiary/aromatic N) is 2. The third-order valence-electron chi connectivity index (χ3n) is 2.41. The fraction of sp³-hybridized carbons (Fsp3) is 0.400. The van der Waals surface area contributed by atoms with Crippen LogP contribution < -0.4 is 0 Å². The number of aromatic nitrogens is 1. The van der Waals surface area contributed by atoms with E-state index in [0.717, 1.165) is 18.4 Å². The number of alkyl halides is 1. The average molecular weight is 290 g/mol. The summed E-state index contributed by atoms with van der Waals surface area (Å²) in [6, 6.07) is 3.34. The van der Waals surface area contributed by atoms with E-state index in [1.807, 2.05) is 0 Å². The highest BCUT2D eigenvalue weighted by Gasteiger charge is 2.30. The van der Waals surface area contributed by atoms with E-state index in [9.17, 15) is 4.79 Å². The maximum Gasteiger partial charge on any atom is 0.272 e. The molecule has 15 heavy (non-hydrogen) atoms. The molecule has 2 heterocycles. The summed E-state index contributed by atoms with van der Waals surface area (Å²) in [5.74, 6) is 0.574. The minimum absolute atomic E-state index is 0.0103. The topological polar surface area (TPSA) is 33.2 Å². The van der Waals surface area contributed by atoms with Gasteiger partial charge in [-0.1, -0.05) is 27.5 Å². The molecule has 0 radical (unpaired) electrons. The number of hydrogen-bond acceptors (Lipinski definition) is 2. The molecule has 1 amide bonds. The maximum absolute atomic E-state index is 11.8. The fourth-order valence-corrected chi connectivity index (χ4v) is 2.02. The Morgan fingerprint density at radius 3 is 2.87 bits per heavy atom. The Hall–Kier alpha value is -0.610. The summed E-state index contributed by atoms with van der Waals surface area (Å²) in [7, 11) is 0. The van der Waals surface area contributed by atoms with Gasteiger partial charge in [-0.2, -0.15) is 0 Å². The van der Waals surface area contributed by atoms with Crippen LogP contribution in [0.25, 0.3) is 0 Å². The Morgan fingerprint density at radius 2 is 2.33 bits per heavy atom. The molecule has 3 nitrogen and oxygen atoms in total. The molecule has 0 bridgehead atoms. The molecular formula is C10H10BrClN2O. The largest absolute Gasteiger partial charge is 0.337 e. The molecule has 1 aliphatic rings. The summed E-state index contributed by atoms with van der Waals surface area (Å²) in [5, 5.41) is 1.50. The van der Waals surface area contributed by atoms with Gasteiger partial charge in [0.15, 0.2) is 0 Å². The summed E-state index contributed by atoms with van der Waals surface area (Å²) in [6.07, 6.45) is 1.50. The highest BCUT2D eigenvalue weighted by Crippen LogP contribution is 2.19. The van der Waals surface area contributed by atoms with Crippen LogP contribution in [0.15, 0.2) is 18.3 Å². The van der Waals surface area contributed by atoms with E-state index in [0.29, 0.717) is 16.6 Å². The van der Waals surface area contributed by atoms with Gasteiger partial charge in [0.1, 0.15) is 5.69 Å². The van der Waals surface area contributed by atoms with Crippen LogP contribution >= 0.6 is 27.5 Å². The first-order valence-corrected chi connectivity index (χ1v) is 6.17. The van der Waals surface area contributed by atoms with E-state index in [4.69, 9.17) is 11.6 Å². The zero-order valence-electron chi connectivity index (χ0n) is 7.99. The van der Waals surface area contributed by atoms with E-state index < -0.39 is 0 Å². The number of carbonyl (C=O) groups is 1. The number of halogens is 2. The van der Waals surface area contributed by atoms with Gasteiger partial charge in [0.2, 0.25) is 0 Å². The molecule has 0 N–H and O–H groups in total. The molecule has 5 heteroatoms. The summed E-state index contributed by atoms with van der Waals surface area (Å²) >= 11 is 9.09. The predicted molar refractivity (Wildman–Crippen MR) is 62.4 cm³/mol. The molecule has 80 valence electrons. The molecule has 0 saturated carbocycles. The van der Waals surface area contributed by atoms with Gasteiger partial charge in [0.25, 0.3) is 5.91 Å². The van der Waals surface area contributed by atoms with Crippen molar-refractivity contribution in [1.82, 2.24) is 9.88 Å². The number of likely N-dealkylation sites (tertiary alicyclic amines) is 1. The Balaban J connectivity index is 2.00. The molecule has 0 aromatic carbocycles. The maximum atomic E-state index is 11.8. The molecule has 0 atom stereocenters. The standard InChI is InChI=1S/C10H10BrClN2O/c11-3-7-5-14(6-7)10(15)9-2-1-8(12)4-13-9/h1-2,4,7H,3,5-6H2. The number of carbonyl (C=O) groups excluding carboxylic acids is 1. The molecule has 0 spiro atoms. The molecule has 0 unspecified atom stereocenters.